The van der Waals surface area contributed by atoms with Gasteiger partial charge in [-0.05, 0) is 56.5 Å². The molecule has 5 nitrogen and oxygen atoms in total. The van der Waals surface area contributed by atoms with Crippen molar-refractivity contribution in [1.82, 2.24) is 10.2 Å². The van der Waals surface area contributed by atoms with Crippen LogP contribution in [0.5, 0.6) is 0 Å². The molecule has 1 N–H and O–H groups in total. The standard InChI is InChI=1S/C18H25N3O2/c1-12-8-13(2)10-15(9-12)21-7-5-16(18(21)23)17(22)20(3)14-4-6-19-11-14/h8-10,14,16,19H,4-7,11H2,1-3H3. The minimum atomic E-state index is -0.526. The zero-order chi connectivity index (χ0) is 16.6. The van der Waals surface area contributed by atoms with E-state index >= 15 is 0 Å². The Morgan fingerprint density at radius 2 is 1.91 bits per heavy atom. The molecule has 2 atom stereocenters. The number of nitrogens with zero attached hydrogens (tertiary/aromatic N) is 2. The Balaban J connectivity index is 1.74. The molecule has 2 saturated heterocycles. The molecule has 0 bridgehead atoms. The van der Waals surface area contributed by atoms with Crippen LogP contribution < -0.4 is 10.2 Å². The van der Waals surface area contributed by atoms with Gasteiger partial charge in [0.25, 0.3) is 0 Å². The number of nitrogens with one attached hydrogen (secondary N) is 1. The van der Waals surface area contributed by atoms with Crippen LogP contribution >= 0.6 is 0 Å². The highest BCUT2D eigenvalue weighted by atomic mass is 16.2. The van der Waals surface area contributed by atoms with Gasteiger partial charge < -0.3 is 15.1 Å². The molecule has 0 spiro atoms. The molecule has 5 heteroatoms. The lowest BCUT2D eigenvalue weighted by atomic mass is 10.1. The molecule has 0 radical (unpaired) electrons. The van der Waals surface area contributed by atoms with Crippen LogP contribution in [-0.2, 0) is 9.59 Å². The van der Waals surface area contributed by atoms with Crippen molar-refractivity contribution in [3.8, 4) is 0 Å². The number of carbonyl (C=O) groups is 2. The van der Waals surface area contributed by atoms with E-state index in [4.69, 9.17) is 0 Å². The fourth-order valence-corrected chi connectivity index (χ4v) is 3.67. The van der Waals surface area contributed by atoms with Gasteiger partial charge in [-0.15, -0.1) is 0 Å². The quantitative estimate of drug-likeness (QED) is 0.860. The molecule has 0 saturated carbocycles. The Kier molecular flexibility index (Phi) is 4.39. The molecule has 2 unspecified atom stereocenters. The van der Waals surface area contributed by atoms with Crippen LogP contribution in [0.4, 0.5) is 5.69 Å². The first-order valence-corrected chi connectivity index (χ1v) is 8.34. The van der Waals surface area contributed by atoms with Crippen LogP contribution in [0.3, 0.4) is 0 Å². The third kappa shape index (κ3) is 3.11. The number of benzene rings is 1. The van der Waals surface area contributed by atoms with Gasteiger partial charge in [0.2, 0.25) is 11.8 Å². The predicted octanol–water partition coefficient (Wildman–Crippen LogP) is 1.48. The summed E-state index contributed by atoms with van der Waals surface area (Å²) in [7, 11) is 1.83. The van der Waals surface area contributed by atoms with Gasteiger partial charge in [0.1, 0.15) is 5.92 Å². The molecule has 2 aliphatic heterocycles. The third-order valence-corrected chi connectivity index (χ3v) is 4.95. The van der Waals surface area contributed by atoms with Crippen LogP contribution in [0.2, 0.25) is 0 Å². The fraction of sp³-hybridized carbons (Fsp3) is 0.556. The van der Waals surface area contributed by atoms with E-state index in [2.05, 4.69) is 11.4 Å². The lowest BCUT2D eigenvalue weighted by Crippen LogP contribution is -2.44. The van der Waals surface area contributed by atoms with Crippen molar-refractivity contribution in [2.75, 3.05) is 31.6 Å². The van der Waals surface area contributed by atoms with Crippen molar-refractivity contribution >= 4 is 17.5 Å². The van der Waals surface area contributed by atoms with Gasteiger partial charge in [-0.1, -0.05) is 6.07 Å². The Hall–Kier alpha value is -1.88. The summed E-state index contributed by atoms with van der Waals surface area (Å²) in [5.41, 5.74) is 3.18. The molecule has 0 aliphatic carbocycles. The molecule has 124 valence electrons. The second kappa shape index (κ2) is 6.32. The number of likely N-dealkylation sites (N-methyl/N-ethyl adjacent to an activating group) is 1. The highest BCUT2D eigenvalue weighted by Crippen LogP contribution is 2.28. The normalized spacial score (nSPS) is 24.3. The highest BCUT2D eigenvalue weighted by Gasteiger charge is 2.40. The number of anilines is 1. The number of amides is 2. The highest BCUT2D eigenvalue weighted by molar-refractivity contribution is 6.09. The van der Waals surface area contributed by atoms with Gasteiger partial charge >= 0.3 is 0 Å². The summed E-state index contributed by atoms with van der Waals surface area (Å²) in [6.45, 7) is 6.44. The van der Waals surface area contributed by atoms with Crippen LogP contribution in [0.1, 0.15) is 24.0 Å². The maximum atomic E-state index is 12.8. The van der Waals surface area contributed by atoms with Gasteiger partial charge in [-0.2, -0.15) is 0 Å². The van der Waals surface area contributed by atoms with Crippen molar-refractivity contribution in [1.29, 1.82) is 0 Å². The maximum absolute atomic E-state index is 12.8. The van der Waals surface area contributed by atoms with E-state index in [0.29, 0.717) is 13.0 Å². The molecule has 1 aromatic carbocycles. The first-order valence-electron chi connectivity index (χ1n) is 8.34. The van der Waals surface area contributed by atoms with Crippen molar-refractivity contribution in [3.63, 3.8) is 0 Å². The fourth-order valence-electron chi connectivity index (χ4n) is 3.67. The molecule has 2 heterocycles. The lowest BCUT2D eigenvalue weighted by molar-refractivity contribution is -0.140. The predicted molar refractivity (Wildman–Crippen MR) is 90.4 cm³/mol. The number of hydrogen-bond donors (Lipinski definition) is 1. The summed E-state index contributed by atoms with van der Waals surface area (Å²) in [6.07, 6.45) is 1.57. The average Bonchev–Trinajstić information content (AvgIpc) is 3.14. The minimum absolute atomic E-state index is 0.0319. The molecule has 2 amide bonds. The molecule has 0 aromatic heterocycles. The van der Waals surface area contributed by atoms with Crippen LogP contribution in [0.15, 0.2) is 18.2 Å². The maximum Gasteiger partial charge on any atom is 0.239 e. The summed E-state index contributed by atoms with van der Waals surface area (Å²) in [5, 5.41) is 3.27. The van der Waals surface area contributed by atoms with Gasteiger partial charge in [-0.3, -0.25) is 9.59 Å². The first kappa shape index (κ1) is 16.0. The monoisotopic (exact) mass is 315 g/mol. The van der Waals surface area contributed by atoms with E-state index in [-0.39, 0.29) is 17.9 Å². The topological polar surface area (TPSA) is 52.7 Å². The van der Waals surface area contributed by atoms with Crippen LogP contribution in [-0.4, -0.2) is 49.4 Å². The summed E-state index contributed by atoms with van der Waals surface area (Å²) in [6, 6.07) is 6.34. The third-order valence-electron chi connectivity index (χ3n) is 4.95. The van der Waals surface area contributed by atoms with Crippen molar-refractivity contribution < 1.29 is 9.59 Å². The van der Waals surface area contributed by atoms with Crippen molar-refractivity contribution in [2.45, 2.75) is 32.7 Å². The van der Waals surface area contributed by atoms with E-state index in [0.717, 1.165) is 36.3 Å². The zero-order valence-electron chi connectivity index (χ0n) is 14.1. The molecular weight excluding hydrogens is 290 g/mol. The lowest BCUT2D eigenvalue weighted by Gasteiger charge is -2.26. The largest absolute Gasteiger partial charge is 0.341 e. The van der Waals surface area contributed by atoms with Gasteiger partial charge in [0.05, 0.1) is 0 Å². The number of rotatable bonds is 3. The van der Waals surface area contributed by atoms with Crippen molar-refractivity contribution in [3.05, 3.63) is 29.3 Å². The summed E-state index contributed by atoms with van der Waals surface area (Å²) in [5.74, 6) is -0.616. The molecule has 2 aliphatic rings. The number of aryl methyl sites for hydroxylation is 2. The first-order chi connectivity index (χ1) is 11.0. The van der Waals surface area contributed by atoms with Crippen LogP contribution in [0, 0.1) is 19.8 Å². The molecule has 1 aromatic rings. The second-order valence-corrected chi connectivity index (χ2v) is 6.77. The second-order valence-electron chi connectivity index (χ2n) is 6.77. The summed E-state index contributed by atoms with van der Waals surface area (Å²) >= 11 is 0. The number of carbonyl (C=O) groups excluding carboxylic acids is 2. The van der Waals surface area contributed by atoms with E-state index in [1.807, 2.05) is 33.0 Å². The van der Waals surface area contributed by atoms with E-state index in [9.17, 15) is 9.59 Å². The van der Waals surface area contributed by atoms with Crippen molar-refractivity contribution in [2.24, 2.45) is 5.92 Å². The van der Waals surface area contributed by atoms with Gasteiger partial charge in [0, 0.05) is 31.9 Å². The van der Waals surface area contributed by atoms with E-state index < -0.39 is 5.92 Å². The molecule has 23 heavy (non-hydrogen) atoms. The Morgan fingerprint density at radius 3 is 2.52 bits per heavy atom. The smallest absolute Gasteiger partial charge is 0.239 e. The Bertz CT molecular complexity index is 602. The molecular formula is C18H25N3O2. The van der Waals surface area contributed by atoms with E-state index in [1.165, 1.54) is 0 Å². The SMILES string of the molecule is Cc1cc(C)cc(N2CCC(C(=O)N(C)C3CCNC3)C2=O)c1. The van der Waals surface area contributed by atoms with E-state index in [1.54, 1.807) is 9.80 Å². The Morgan fingerprint density at radius 1 is 1.22 bits per heavy atom. The van der Waals surface area contributed by atoms with Gasteiger partial charge in [0.15, 0.2) is 0 Å². The van der Waals surface area contributed by atoms with Crippen LogP contribution in [0.25, 0.3) is 0 Å². The average molecular weight is 315 g/mol. The van der Waals surface area contributed by atoms with Gasteiger partial charge in [-0.25, -0.2) is 0 Å². The summed E-state index contributed by atoms with van der Waals surface area (Å²) in [4.78, 5) is 29.0. The molecule has 2 fully saturated rings. The zero-order valence-corrected chi connectivity index (χ0v) is 14.1. The molecule has 3 rings (SSSR count). The summed E-state index contributed by atoms with van der Waals surface area (Å²) < 4.78 is 0. The number of hydrogen-bond acceptors (Lipinski definition) is 3. The Labute approximate surface area is 137 Å². The minimum Gasteiger partial charge on any atom is -0.341 e.